The first-order chi connectivity index (χ1) is 7.45. The molecule has 1 aromatic heterocycles. The molecule has 1 amide bonds. The molecule has 0 saturated heterocycles. The number of carbonyl (C=O) groups is 1. The number of hydrogen-bond acceptors (Lipinski definition) is 4. The van der Waals surface area contributed by atoms with E-state index in [1.165, 1.54) is 11.3 Å². The van der Waals surface area contributed by atoms with Gasteiger partial charge >= 0.3 is 0 Å². The van der Waals surface area contributed by atoms with Crippen LogP contribution in [0, 0.1) is 0 Å². The zero-order valence-electron chi connectivity index (χ0n) is 8.89. The Bertz CT molecular complexity index is 465. The molecule has 5 nitrogen and oxygen atoms in total. The molecule has 0 aliphatic carbocycles. The van der Waals surface area contributed by atoms with Gasteiger partial charge in [0.25, 0.3) is 0 Å². The van der Waals surface area contributed by atoms with Crippen LogP contribution in [0.25, 0.3) is 0 Å². The van der Waals surface area contributed by atoms with Crippen LogP contribution >= 0.6 is 11.3 Å². The second-order valence-corrected chi connectivity index (χ2v) is 6.35. The molecule has 1 rings (SSSR count). The number of carbonyl (C=O) groups excluding carboxylic acids is 1. The lowest BCUT2D eigenvalue weighted by atomic mass is 10.4. The van der Waals surface area contributed by atoms with Gasteiger partial charge in [0.1, 0.15) is 4.21 Å². The Kier molecular flexibility index (Phi) is 4.45. The highest BCUT2D eigenvalue weighted by Crippen LogP contribution is 2.21. The fourth-order valence-corrected chi connectivity index (χ4v) is 3.44. The van der Waals surface area contributed by atoms with Crippen LogP contribution in [0.3, 0.4) is 0 Å². The predicted octanol–water partition coefficient (Wildman–Crippen LogP) is 0.464. The van der Waals surface area contributed by atoms with Crippen LogP contribution in [-0.4, -0.2) is 20.9 Å². The Labute approximate surface area is 98.7 Å². The molecular weight excluding hydrogens is 248 g/mol. The molecule has 0 unspecified atom stereocenters. The van der Waals surface area contributed by atoms with E-state index >= 15 is 0 Å². The largest absolute Gasteiger partial charge is 0.370 e. The second-order valence-electron chi connectivity index (χ2n) is 3.19. The van der Waals surface area contributed by atoms with E-state index in [1.807, 2.05) is 6.92 Å². The Morgan fingerprint density at radius 1 is 1.50 bits per heavy atom. The maximum absolute atomic E-state index is 11.7. The molecule has 7 heteroatoms. The monoisotopic (exact) mass is 262 g/mol. The highest BCUT2D eigenvalue weighted by Gasteiger charge is 2.15. The Balaban J connectivity index is 2.66. The van der Waals surface area contributed by atoms with Crippen LogP contribution in [0.5, 0.6) is 0 Å². The van der Waals surface area contributed by atoms with E-state index in [2.05, 4.69) is 4.72 Å². The van der Waals surface area contributed by atoms with E-state index in [1.54, 1.807) is 12.1 Å². The van der Waals surface area contributed by atoms with Crippen molar-refractivity contribution in [2.45, 2.75) is 24.0 Å². The molecule has 0 bridgehead atoms. The van der Waals surface area contributed by atoms with Crippen molar-refractivity contribution in [1.29, 1.82) is 0 Å². The molecule has 0 spiro atoms. The number of nitrogens with one attached hydrogen (secondary N) is 1. The standard InChI is InChI=1S/C9H14N2O3S2/c1-2-7-3-4-9(15-7)16(13,14)11-6-5-8(10)12/h3-4,11H,2,5-6H2,1H3,(H2,10,12). The molecule has 0 fully saturated rings. The molecule has 0 saturated carbocycles. The maximum atomic E-state index is 11.7. The fraction of sp³-hybridized carbons (Fsp3) is 0.444. The summed E-state index contributed by atoms with van der Waals surface area (Å²) in [6.45, 7) is 2.00. The van der Waals surface area contributed by atoms with Crippen LogP contribution in [0.4, 0.5) is 0 Å². The number of rotatable bonds is 6. The summed E-state index contributed by atoms with van der Waals surface area (Å²) in [5.41, 5.74) is 4.91. The van der Waals surface area contributed by atoms with Gasteiger partial charge in [-0.2, -0.15) is 0 Å². The summed E-state index contributed by atoms with van der Waals surface area (Å²) in [5.74, 6) is -0.525. The van der Waals surface area contributed by atoms with Crippen LogP contribution in [0.1, 0.15) is 18.2 Å². The summed E-state index contributed by atoms with van der Waals surface area (Å²) in [6.07, 6.45) is 0.812. The highest BCUT2D eigenvalue weighted by molar-refractivity contribution is 7.91. The number of nitrogens with two attached hydrogens (primary N) is 1. The van der Waals surface area contributed by atoms with Gasteiger partial charge in [-0.05, 0) is 18.6 Å². The third kappa shape index (κ3) is 3.58. The SMILES string of the molecule is CCc1ccc(S(=O)(=O)NCCC(N)=O)s1. The maximum Gasteiger partial charge on any atom is 0.250 e. The van der Waals surface area contributed by atoms with Crippen molar-refractivity contribution in [3.05, 3.63) is 17.0 Å². The number of primary amides is 1. The van der Waals surface area contributed by atoms with E-state index in [0.29, 0.717) is 0 Å². The summed E-state index contributed by atoms with van der Waals surface area (Å²) in [6, 6.07) is 3.35. The Morgan fingerprint density at radius 2 is 2.19 bits per heavy atom. The van der Waals surface area contributed by atoms with E-state index in [0.717, 1.165) is 11.3 Å². The molecule has 0 radical (unpaired) electrons. The first kappa shape index (κ1) is 13.1. The molecule has 16 heavy (non-hydrogen) atoms. The van der Waals surface area contributed by atoms with Gasteiger partial charge in [-0.25, -0.2) is 13.1 Å². The molecule has 0 aromatic carbocycles. The normalized spacial score (nSPS) is 11.6. The van der Waals surface area contributed by atoms with Gasteiger partial charge in [0.2, 0.25) is 15.9 Å². The van der Waals surface area contributed by atoms with Crippen LogP contribution in [0.15, 0.2) is 16.3 Å². The van der Waals surface area contributed by atoms with Crippen LogP contribution in [0.2, 0.25) is 0 Å². The third-order valence-corrected chi connectivity index (χ3v) is 5.10. The van der Waals surface area contributed by atoms with E-state index in [9.17, 15) is 13.2 Å². The summed E-state index contributed by atoms with van der Waals surface area (Å²) in [7, 11) is -3.48. The van der Waals surface area contributed by atoms with Gasteiger partial charge < -0.3 is 5.73 Å². The van der Waals surface area contributed by atoms with Crippen LogP contribution in [-0.2, 0) is 21.2 Å². The second kappa shape index (κ2) is 5.42. The van der Waals surface area contributed by atoms with Gasteiger partial charge in [-0.15, -0.1) is 11.3 Å². The molecule has 0 atom stereocenters. The smallest absolute Gasteiger partial charge is 0.250 e. The minimum absolute atomic E-state index is 0.00520. The summed E-state index contributed by atoms with van der Waals surface area (Å²) in [4.78, 5) is 11.5. The quantitative estimate of drug-likeness (QED) is 0.780. The van der Waals surface area contributed by atoms with Crippen molar-refractivity contribution >= 4 is 27.3 Å². The summed E-state index contributed by atoms with van der Waals surface area (Å²) >= 11 is 1.23. The van der Waals surface area contributed by atoms with Gasteiger partial charge in [0.15, 0.2) is 0 Å². The lowest BCUT2D eigenvalue weighted by Gasteiger charge is -2.02. The number of thiophene rings is 1. The van der Waals surface area contributed by atoms with E-state index in [-0.39, 0.29) is 17.2 Å². The number of hydrogen-bond donors (Lipinski definition) is 2. The zero-order chi connectivity index (χ0) is 12.2. The highest BCUT2D eigenvalue weighted by atomic mass is 32.2. The first-order valence-electron chi connectivity index (χ1n) is 4.82. The molecule has 0 aliphatic heterocycles. The lowest BCUT2D eigenvalue weighted by molar-refractivity contribution is -0.117. The number of amides is 1. The Morgan fingerprint density at radius 3 is 2.69 bits per heavy atom. The average Bonchev–Trinajstić information content (AvgIpc) is 2.65. The van der Waals surface area contributed by atoms with Crippen molar-refractivity contribution in [2.24, 2.45) is 5.73 Å². The summed E-state index contributed by atoms with van der Waals surface area (Å²) < 4.78 is 26.0. The Hall–Kier alpha value is -0.920. The first-order valence-corrected chi connectivity index (χ1v) is 7.12. The predicted molar refractivity (Wildman–Crippen MR) is 62.7 cm³/mol. The van der Waals surface area contributed by atoms with Gasteiger partial charge in [0, 0.05) is 17.8 Å². The molecule has 90 valence electrons. The third-order valence-electron chi connectivity index (χ3n) is 1.91. The van der Waals surface area contributed by atoms with Gasteiger partial charge in [-0.3, -0.25) is 4.79 Å². The van der Waals surface area contributed by atoms with Gasteiger partial charge in [-0.1, -0.05) is 6.92 Å². The van der Waals surface area contributed by atoms with Crippen molar-refractivity contribution in [3.8, 4) is 0 Å². The van der Waals surface area contributed by atoms with Crippen molar-refractivity contribution < 1.29 is 13.2 Å². The van der Waals surface area contributed by atoms with Gasteiger partial charge in [0.05, 0.1) is 0 Å². The van der Waals surface area contributed by atoms with E-state index in [4.69, 9.17) is 5.73 Å². The summed E-state index contributed by atoms with van der Waals surface area (Å²) in [5, 5.41) is 0. The minimum atomic E-state index is -3.48. The molecule has 1 heterocycles. The minimum Gasteiger partial charge on any atom is -0.370 e. The molecule has 1 aromatic rings. The van der Waals surface area contributed by atoms with Crippen LogP contribution < -0.4 is 10.5 Å². The number of sulfonamides is 1. The topological polar surface area (TPSA) is 89.3 Å². The molecular formula is C9H14N2O3S2. The molecule has 0 aliphatic rings. The number of aryl methyl sites for hydroxylation is 1. The lowest BCUT2D eigenvalue weighted by Crippen LogP contribution is -2.27. The van der Waals surface area contributed by atoms with Crippen molar-refractivity contribution in [1.82, 2.24) is 4.72 Å². The average molecular weight is 262 g/mol. The van der Waals surface area contributed by atoms with Crippen molar-refractivity contribution in [3.63, 3.8) is 0 Å². The van der Waals surface area contributed by atoms with E-state index < -0.39 is 15.9 Å². The fourth-order valence-electron chi connectivity index (χ4n) is 1.07. The van der Waals surface area contributed by atoms with Crippen molar-refractivity contribution in [2.75, 3.05) is 6.54 Å². The zero-order valence-corrected chi connectivity index (χ0v) is 10.5. The molecule has 3 N–H and O–H groups in total.